The van der Waals surface area contributed by atoms with Gasteiger partial charge >= 0.3 is 6.18 Å². The summed E-state index contributed by atoms with van der Waals surface area (Å²) >= 11 is 0. The number of nitrogens with zero attached hydrogens (tertiary/aromatic N) is 2. The van der Waals surface area contributed by atoms with Crippen molar-refractivity contribution < 1.29 is 13.2 Å². The molecule has 1 aromatic rings. The van der Waals surface area contributed by atoms with Crippen LogP contribution in [-0.4, -0.2) is 22.3 Å². The zero-order valence-corrected chi connectivity index (χ0v) is 12.0. The van der Waals surface area contributed by atoms with Crippen LogP contribution >= 0.6 is 0 Å². The van der Waals surface area contributed by atoms with Crippen LogP contribution in [0.1, 0.15) is 44.5 Å². The minimum absolute atomic E-state index is 0.237. The molecule has 6 heteroatoms. The fourth-order valence-electron chi connectivity index (χ4n) is 3.30. The van der Waals surface area contributed by atoms with Crippen molar-refractivity contribution in [3.63, 3.8) is 0 Å². The summed E-state index contributed by atoms with van der Waals surface area (Å²) in [5, 5.41) is 3.21. The summed E-state index contributed by atoms with van der Waals surface area (Å²) in [4.78, 5) is 4.26. The summed E-state index contributed by atoms with van der Waals surface area (Å²) in [5.41, 5.74) is 0. The molecule has 0 spiro atoms. The Bertz CT molecular complexity index is 428. The van der Waals surface area contributed by atoms with Crippen LogP contribution in [0, 0.1) is 11.8 Å². The summed E-state index contributed by atoms with van der Waals surface area (Å²) < 4.78 is 41.7. The highest BCUT2D eigenvalue weighted by molar-refractivity contribution is 5.03. The fourth-order valence-corrected chi connectivity index (χ4v) is 3.30. The van der Waals surface area contributed by atoms with Gasteiger partial charge in [0, 0.05) is 19.4 Å². The van der Waals surface area contributed by atoms with Crippen molar-refractivity contribution in [1.29, 1.82) is 0 Å². The lowest BCUT2D eigenvalue weighted by atomic mass is 9.74. The Morgan fingerprint density at radius 2 is 2.10 bits per heavy atom. The molecule has 20 heavy (non-hydrogen) atoms. The SMILES string of the molecule is CCNC(c1nccn1C)C1CCCCC1C(F)(F)F. The zero-order valence-electron chi connectivity index (χ0n) is 12.0. The molecule has 2 rings (SSSR count). The number of aromatic nitrogens is 2. The van der Waals surface area contributed by atoms with E-state index in [1.165, 1.54) is 0 Å². The largest absolute Gasteiger partial charge is 0.392 e. The first kappa shape index (κ1) is 15.4. The predicted molar refractivity (Wildman–Crippen MR) is 71.1 cm³/mol. The number of imidazole rings is 1. The molecule has 114 valence electrons. The Morgan fingerprint density at radius 1 is 1.40 bits per heavy atom. The number of aryl methyl sites for hydroxylation is 1. The first-order valence-corrected chi connectivity index (χ1v) is 7.22. The molecule has 0 aliphatic heterocycles. The topological polar surface area (TPSA) is 29.9 Å². The van der Waals surface area contributed by atoms with Crippen LogP contribution in [0.4, 0.5) is 13.2 Å². The van der Waals surface area contributed by atoms with Gasteiger partial charge in [0.25, 0.3) is 0 Å². The first-order valence-electron chi connectivity index (χ1n) is 7.22. The van der Waals surface area contributed by atoms with E-state index in [-0.39, 0.29) is 12.5 Å². The molecule has 0 bridgehead atoms. The van der Waals surface area contributed by atoms with Crippen molar-refractivity contribution in [3.05, 3.63) is 18.2 Å². The van der Waals surface area contributed by atoms with Crippen LogP contribution in [0.15, 0.2) is 12.4 Å². The number of rotatable bonds is 4. The summed E-state index contributed by atoms with van der Waals surface area (Å²) in [6.07, 6.45) is 1.68. The average molecular weight is 289 g/mol. The van der Waals surface area contributed by atoms with E-state index in [2.05, 4.69) is 10.3 Å². The van der Waals surface area contributed by atoms with E-state index >= 15 is 0 Å². The molecule has 0 amide bonds. The maximum atomic E-state index is 13.3. The monoisotopic (exact) mass is 289 g/mol. The molecule has 3 atom stereocenters. The van der Waals surface area contributed by atoms with E-state index in [9.17, 15) is 13.2 Å². The second-order valence-electron chi connectivity index (χ2n) is 5.53. The van der Waals surface area contributed by atoms with Gasteiger partial charge in [-0.05, 0) is 25.3 Å². The third-order valence-corrected chi connectivity index (χ3v) is 4.23. The van der Waals surface area contributed by atoms with Gasteiger partial charge in [0.2, 0.25) is 0 Å². The highest BCUT2D eigenvalue weighted by atomic mass is 19.4. The number of halogens is 3. The summed E-state index contributed by atoms with van der Waals surface area (Å²) in [6, 6.07) is -0.327. The van der Waals surface area contributed by atoms with Gasteiger partial charge in [-0.25, -0.2) is 4.98 Å². The van der Waals surface area contributed by atoms with Gasteiger partial charge < -0.3 is 9.88 Å². The van der Waals surface area contributed by atoms with Gasteiger partial charge in [-0.2, -0.15) is 13.2 Å². The first-order chi connectivity index (χ1) is 9.45. The van der Waals surface area contributed by atoms with Gasteiger partial charge in [0.05, 0.1) is 12.0 Å². The number of nitrogens with one attached hydrogen (secondary N) is 1. The van der Waals surface area contributed by atoms with Crippen molar-refractivity contribution in [2.75, 3.05) is 6.54 Å². The second kappa shape index (κ2) is 6.16. The number of alkyl halides is 3. The molecular weight excluding hydrogens is 267 g/mol. The molecule has 0 radical (unpaired) electrons. The Balaban J connectivity index is 2.29. The lowest BCUT2D eigenvalue weighted by Gasteiger charge is -2.38. The van der Waals surface area contributed by atoms with Gasteiger partial charge in [-0.15, -0.1) is 0 Å². The van der Waals surface area contributed by atoms with Crippen molar-refractivity contribution in [2.45, 2.75) is 44.8 Å². The van der Waals surface area contributed by atoms with E-state index in [1.54, 1.807) is 12.4 Å². The maximum absolute atomic E-state index is 13.3. The fraction of sp³-hybridized carbons (Fsp3) is 0.786. The Morgan fingerprint density at radius 3 is 2.65 bits per heavy atom. The quantitative estimate of drug-likeness (QED) is 0.920. The van der Waals surface area contributed by atoms with Gasteiger partial charge in [-0.1, -0.05) is 19.8 Å². The van der Waals surface area contributed by atoms with Crippen LogP contribution < -0.4 is 5.32 Å². The normalized spacial score (nSPS) is 25.6. The van der Waals surface area contributed by atoms with E-state index in [1.807, 2.05) is 18.5 Å². The molecule has 1 aliphatic carbocycles. The smallest absolute Gasteiger partial charge is 0.337 e. The number of hydrogen-bond acceptors (Lipinski definition) is 2. The minimum atomic E-state index is -4.12. The summed E-state index contributed by atoms with van der Waals surface area (Å²) in [7, 11) is 1.83. The van der Waals surface area contributed by atoms with Crippen molar-refractivity contribution in [3.8, 4) is 0 Å². The van der Waals surface area contributed by atoms with Crippen LogP contribution in [0.25, 0.3) is 0 Å². The summed E-state index contributed by atoms with van der Waals surface area (Å²) in [6.45, 7) is 2.56. The van der Waals surface area contributed by atoms with Gasteiger partial charge in [-0.3, -0.25) is 0 Å². The molecule has 1 aromatic heterocycles. The van der Waals surface area contributed by atoms with Crippen molar-refractivity contribution in [2.24, 2.45) is 18.9 Å². The standard InChI is InChI=1S/C14H22F3N3/c1-3-18-12(13-19-8-9-20(13)2)10-6-4-5-7-11(10)14(15,16)17/h8-12,18H,3-7H2,1-2H3. The highest BCUT2D eigenvalue weighted by Gasteiger charge is 2.48. The molecular formula is C14H22F3N3. The van der Waals surface area contributed by atoms with Gasteiger partial charge in [0.1, 0.15) is 5.82 Å². The average Bonchev–Trinajstić information content (AvgIpc) is 2.81. The highest BCUT2D eigenvalue weighted by Crippen LogP contribution is 2.46. The van der Waals surface area contributed by atoms with Crippen LogP contribution in [0.3, 0.4) is 0 Å². The van der Waals surface area contributed by atoms with Crippen LogP contribution in [0.5, 0.6) is 0 Å². The lowest BCUT2D eigenvalue weighted by molar-refractivity contribution is -0.199. The van der Waals surface area contributed by atoms with Crippen molar-refractivity contribution in [1.82, 2.24) is 14.9 Å². The Labute approximate surface area is 117 Å². The molecule has 3 unspecified atom stereocenters. The molecule has 1 N–H and O–H groups in total. The van der Waals surface area contributed by atoms with Crippen LogP contribution in [-0.2, 0) is 7.05 Å². The molecule has 0 aromatic carbocycles. The molecule has 3 nitrogen and oxygen atoms in total. The maximum Gasteiger partial charge on any atom is 0.392 e. The van der Waals surface area contributed by atoms with E-state index in [0.717, 1.165) is 6.42 Å². The van der Waals surface area contributed by atoms with Crippen LogP contribution in [0.2, 0.25) is 0 Å². The number of hydrogen-bond donors (Lipinski definition) is 1. The molecule has 1 fully saturated rings. The zero-order chi connectivity index (χ0) is 14.8. The summed E-state index contributed by atoms with van der Waals surface area (Å²) in [5.74, 6) is -0.949. The second-order valence-corrected chi connectivity index (χ2v) is 5.53. The minimum Gasteiger partial charge on any atom is -0.337 e. The van der Waals surface area contributed by atoms with E-state index in [0.29, 0.717) is 25.2 Å². The third-order valence-electron chi connectivity index (χ3n) is 4.23. The van der Waals surface area contributed by atoms with Gasteiger partial charge in [0.15, 0.2) is 0 Å². The van der Waals surface area contributed by atoms with Crippen molar-refractivity contribution >= 4 is 0 Å². The predicted octanol–water partition coefficient (Wildman–Crippen LogP) is 3.44. The molecule has 1 heterocycles. The van der Waals surface area contributed by atoms with E-state index in [4.69, 9.17) is 0 Å². The third kappa shape index (κ3) is 3.16. The molecule has 1 saturated carbocycles. The molecule has 1 aliphatic rings. The van der Waals surface area contributed by atoms with E-state index < -0.39 is 18.0 Å². The Hall–Kier alpha value is -1.04. The lowest BCUT2D eigenvalue weighted by Crippen LogP contribution is -2.41. The molecule has 0 saturated heterocycles. The Kier molecular flexibility index (Phi) is 4.73.